The predicted octanol–water partition coefficient (Wildman–Crippen LogP) is 1.60. The molecule has 0 aliphatic heterocycles. The molecule has 1 aromatic carbocycles. The molecule has 20 heavy (non-hydrogen) atoms. The highest BCUT2D eigenvalue weighted by atomic mass is 32.2. The Labute approximate surface area is 115 Å². The zero-order valence-electron chi connectivity index (χ0n) is 10.6. The first-order valence-corrected chi connectivity index (χ1v) is 7.24. The lowest BCUT2D eigenvalue weighted by molar-refractivity contribution is -0.274. The van der Waals surface area contributed by atoms with Gasteiger partial charge in [0.15, 0.2) is 0 Å². The molecule has 0 heterocycles. The van der Waals surface area contributed by atoms with E-state index >= 15 is 0 Å². The Morgan fingerprint density at radius 2 is 2.05 bits per heavy atom. The second kappa shape index (κ2) is 6.42. The van der Waals surface area contributed by atoms with E-state index in [-0.39, 0.29) is 11.4 Å². The van der Waals surface area contributed by atoms with Gasteiger partial charge >= 0.3 is 6.36 Å². The molecule has 0 aliphatic rings. The highest BCUT2D eigenvalue weighted by Gasteiger charge is 2.31. The average Bonchev–Trinajstić information content (AvgIpc) is 2.34. The zero-order chi connectivity index (χ0) is 15.4. The third-order valence-electron chi connectivity index (χ3n) is 2.45. The Morgan fingerprint density at radius 3 is 2.55 bits per heavy atom. The first-order valence-electron chi connectivity index (χ1n) is 5.76. The van der Waals surface area contributed by atoms with Crippen LogP contribution in [0.5, 0.6) is 5.75 Å². The van der Waals surface area contributed by atoms with Crippen LogP contribution in [0, 0.1) is 0 Å². The minimum Gasteiger partial charge on any atom is -0.406 e. The molecule has 0 aliphatic carbocycles. The number of alkyl halides is 3. The molecule has 3 N–H and O–H groups in total. The highest BCUT2D eigenvalue weighted by Crippen LogP contribution is 2.24. The summed E-state index contributed by atoms with van der Waals surface area (Å²) in [5, 5.41) is 0. The quantitative estimate of drug-likeness (QED) is 0.836. The molecule has 9 heteroatoms. The van der Waals surface area contributed by atoms with Gasteiger partial charge in [0.2, 0.25) is 10.0 Å². The van der Waals surface area contributed by atoms with Gasteiger partial charge in [0, 0.05) is 18.7 Å². The molecule has 0 saturated heterocycles. The lowest BCUT2D eigenvalue weighted by atomic mass is 10.2. The van der Waals surface area contributed by atoms with Crippen LogP contribution in [-0.4, -0.2) is 27.4 Å². The number of rotatable bonds is 6. The summed E-state index contributed by atoms with van der Waals surface area (Å²) in [6, 6.07) is 3.69. The number of hydrogen-bond donors (Lipinski definition) is 2. The third-order valence-corrected chi connectivity index (χ3v) is 3.97. The van der Waals surface area contributed by atoms with Crippen LogP contribution in [0.4, 0.5) is 13.2 Å². The van der Waals surface area contributed by atoms with E-state index in [2.05, 4.69) is 9.46 Å². The Hall–Kier alpha value is -1.32. The van der Waals surface area contributed by atoms with Gasteiger partial charge in [0.25, 0.3) is 0 Å². The first kappa shape index (κ1) is 16.7. The SMILES string of the molecule is CCC(CN)NS(=O)(=O)c1cccc(OC(F)(F)F)c1. The van der Waals surface area contributed by atoms with Gasteiger partial charge in [-0.25, -0.2) is 13.1 Å². The molecule has 0 aromatic heterocycles. The molecule has 1 aromatic rings. The Balaban J connectivity index is 2.98. The molecule has 1 atom stereocenters. The van der Waals surface area contributed by atoms with Crippen molar-refractivity contribution in [2.24, 2.45) is 5.73 Å². The van der Waals surface area contributed by atoms with Crippen molar-refractivity contribution in [3.05, 3.63) is 24.3 Å². The topological polar surface area (TPSA) is 81.4 Å². The summed E-state index contributed by atoms with van der Waals surface area (Å²) in [5.41, 5.74) is 5.38. The summed E-state index contributed by atoms with van der Waals surface area (Å²) >= 11 is 0. The van der Waals surface area contributed by atoms with Crippen molar-refractivity contribution in [1.29, 1.82) is 0 Å². The molecular formula is C11H15F3N2O3S. The fourth-order valence-corrected chi connectivity index (χ4v) is 2.79. The maximum Gasteiger partial charge on any atom is 0.573 e. The number of nitrogens with two attached hydrogens (primary N) is 1. The second-order valence-electron chi connectivity index (χ2n) is 3.98. The van der Waals surface area contributed by atoms with E-state index in [1.807, 2.05) is 0 Å². The van der Waals surface area contributed by atoms with Crippen molar-refractivity contribution in [3.63, 3.8) is 0 Å². The molecular weight excluding hydrogens is 297 g/mol. The van der Waals surface area contributed by atoms with Crippen LogP contribution in [0.25, 0.3) is 0 Å². The maximum absolute atomic E-state index is 12.1. The third kappa shape index (κ3) is 4.99. The van der Waals surface area contributed by atoms with Gasteiger partial charge in [-0.15, -0.1) is 13.2 Å². The van der Waals surface area contributed by atoms with Gasteiger partial charge in [0.05, 0.1) is 4.90 Å². The van der Waals surface area contributed by atoms with Crippen molar-refractivity contribution in [2.75, 3.05) is 6.54 Å². The van der Waals surface area contributed by atoms with Gasteiger partial charge in [-0.3, -0.25) is 0 Å². The Morgan fingerprint density at radius 1 is 1.40 bits per heavy atom. The zero-order valence-corrected chi connectivity index (χ0v) is 11.5. The monoisotopic (exact) mass is 312 g/mol. The van der Waals surface area contributed by atoms with E-state index < -0.39 is 28.2 Å². The predicted molar refractivity (Wildman–Crippen MR) is 66.6 cm³/mol. The number of hydrogen-bond acceptors (Lipinski definition) is 4. The molecule has 0 spiro atoms. The molecule has 114 valence electrons. The van der Waals surface area contributed by atoms with Gasteiger partial charge in [-0.2, -0.15) is 0 Å². The maximum atomic E-state index is 12.1. The molecule has 0 bridgehead atoms. The van der Waals surface area contributed by atoms with Crippen LogP contribution in [0.1, 0.15) is 13.3 Å². The Bertz CT molecular complexity index is 542. The van der Waals surface area contributed by atoms with Crippen LogP contribution < -0.4 is 15.2 Å². The summed E-state index contributed by atoms with van der Waals surface area (Å²) in [6.45, 7) is 1.83. The van der Waals surface area contributed by atoms with Crippen LogP contribution in [0.2, 0.25) is 0 Å². The van der Waals surface area contributed by atoms with Crippen molar-refractivity contribution in [1.82, 2.24) is 4.72 Å². The molecule has 0 radical (unpaired) electrons. The molecule has 0 amide bonds. The van der Waals surface area contributed by atoms with Crippen LogP contribution >= 0.6 is 0 Å². The molecule has 1 rings (SSSR count). The van der Waals surface area contributed by atoms with Gasteiger partial charge in [-0.05, 0) is 18.6 Å². The summed E-state index contributed by atoms with van der Waals surface area (Å²) in [6.07, 6.45) is -4.41. The molecule has 0 saturated carbocycles. The minimum absolute atomic E-state index is 0.0917. The smallest absolute Gasteiger partial charge is 0.406 e. The lowest BCUT2D eigenvalue weighted by Gasteiger charge is -2.15. The first-order chi connectivity index (χ1) is 9.18. The van der Waals surface area contributed by atoms with Crippen molar-refractivity contribution >= 4 is 10.0 Å². The summed E-state index contributed by atoms with van der Waals surface area (Å²) < 4.78 is 66.2. The molecule has 1 unspecified atom stereocenters. The van der Waals surface area contributed by atoms with E-state index in [1.165, 1.54) is 12.1 Å². The molecule has 5 nitrogen and oxygen atoms in total. The molecule has 0 fully saturated rings. The van der Waals surface area contributed by atoms with E-state index in [0.29, 0.717) is 6.42 Å². The standard InChI is InChI=1S/C11H15F3N2O3S/c1-2-8(7-15)16-20(17,18)10-5-3-4-9(6-10)19-11(12,13)14/h3-6,8,16H,2,7,15H2,1H3. The summed E-state index contributed by atoms with van der Waals surface area (Å²) in [7, 11) is -3.94. The average molecular weight is 312 g/mol. The van der Waals surface area contributed by atoms with E-state index in [4.69, 9.17) is 5.73 Å². The van der Waals surface area contributed by atoms with E-state index in [0.717, 1.165) is 12.1 Å². The van der Waals surface area contributed by atoms with E-state index in [1.54, 1.807) is 6.92 Å². The Kier molecular flexibility index (Phi) is 5.37. The van der Waals surface area contributed by atoms with Gasteiger partial charge in [0.1, 0.15) is 5.75 Å². The van der Waals surface area contributed by atoms with Gasteiger partial charge < -0.3 is 10.5 Å². The van der Waals surface area contributed by atoms with Crippen LogP contribution in [-0.2, 0) is 10.0 Å². The number of nitrogens with one attached hydrogen (secondary N) is 1. The summed E-state index contributed by atoms with van der Waals surface area (Å²) in [4.78, 5) is -0.314. The fraction of sp³-hybridized carbons (Fsp3) is 0.455. The summed E-state index contributed by atoms with van der Waals surface area (Å²) in [5.74, 6) is -0.596. The number of sulfonamides is 1. The van der Waals surface area contributed by atoms with Crippen molar-refractivity contribution < 1.29 is 26.3 Å². The highest BCUT2D eigenvalue weighted by molar-refractivity contribution is 7.89. The number of benzene rings is 1. The fourth-order valence-electron chi connectivity index (χ4n) is 1.42. The van der Waals surface area contributed by atoms with E-state index in [9.17, 15) is 21.6 Å². The minimum atomic E-state index is -4.88. The van der Waals surface area contributed by atoms with Crippen molar-refractivity contribution in [2.45, 2.75) is 30.6 Å². The normalized spacial score (nSPS) is 14.1. The lowest BCUT2D eigenvalue weighted by Crippen LogP contribution is -2.39. The van der Waals surface area contributed by atoms with Crippen molar-refractivity contribution in [3.8, 4) is 5.75 Å². The van der Waals surface area contributed by atoms with Crippen LogP contribution in [0.3, 0.4) is 0 Å². The van der Waals surface area contributed by atoms with Crippen LogP contribution in [0.15, 0.2) is 29.2 Å². The van der Waals surface area contributed by atoms with Gasteiger partial charge in [-0.1, -0.05) is 13.0 Å². The number of halogens is 3. The largest absolute Gasteiger partial charge is 0.573 e. The second-order valence-corrected chi connectivity index (χ2v) is 5.70. The number of ether oxygens (including phenoxy) is 1.